The fourth-order valence-electron chi connectivity index (χ4n) is 2.00. The molecule has 0 aromatic rings. The van der Waals surface area contributed by atoms with E-state index in [1.807, 2.05) is 0 Å². The number of rotatable bonds is 5. The van der Waals surface area contributed by atoms with Crippen LogP contribution in [0.4, 0.5) is 0 Å². The average Bonchev–Trinajstić information content (AvgIpc) is 2.54. The Morgan fingerprint density at radius 3 is 1.57 bits per heavy atom. The second-order valence-electron chi connectivity index (χ2n) is 5.80. The second-order valence-corrected chi connectivity index (χ2v) is 5.80. The summed E-state index contributed by atoms with van der Waals surface area (Å²) in [6.45, 7) is 9.44. The largest absolute Gasteiger partial charge is 0.382 e. The minimum atomic E-state index is -0.200. The quantitative estimate of drug-likeness (QED) is 0.687. The topological polar surface area (TPSA) is 64.6 Å². The van der Waals surface area contributed by atoms with Crippen LogP contribution in [0.25, 0.3) is 0 Å². The van der Waals surface area contributed by atoms with Crippen molar-refractivity contribution in [3.63, 3.8) is 0 Å². The van der Waals surface area contributed by atoms with E-state index in [1.54, 1.807) is 7.11 Å². The van der Waals surface area contributed by atoms with E-state index < -0.39 is 0 Å². The van der Waals surface area contributed by atoms with Crippen molar-refractivity contribution in [2.45, 2.75) is 6.92 Å². The molecule has 0 bridgehead atoms. The average molecular weight is 336 g/mol. The van der Waals surface area contributed by atoms with Crippen LogP contribution in [0, 0.1) is 5.41 Å². The van der Waals surface area contributed by atoms with Crippen LogP contribution in [-0.4, -0.2) is 93.0 Å². The molecule has 0 saturated carbocycles. The summed E-state index contributed by atoms with van der Waals surface area (Å²) in [5, 5.41) is 0. The molecule has 7 heteroatoms. The van der Waals surface area contributed by atoms with Crippen LogP contribution in [0.3, 0.4) is 0 Å². The van der Waals surface area contributed by atoms with Crippen molar-refractivity contribution in [1.29, 1.82) is 0 Å². The summed E-state index contributed by atoms with van der Waals surface area (Å²) in [6.07, 6.45) is 0. The van der Waals surface area contributed by atoms with Crippen LogP contribution >= 0.6 is 0 Å². The molecule has 23 heavy (non-hydrogen) atoms. The SMILES string of the molecule is COCCOCC1(C)COCCOCCOCCOCCOC1. The van der Waals surface area contributed by atoms with Gasteiger partial charge in [-0.3, -0.25) is 0 Å². The third kappa shape index (κ3) is 11.8. The van der Waals surface area contributed by atoms with Crippen molar-refractivity contribution in [2.24, 2.45) is 5.41 Å². The van der Waals surface area contributed by atoms with Gasteiger partial charge in [-0.2, -0.15) is 0 Å². The molecule has 7 nitrogen and oxygen atoms in total. The van der Waals surface area contributed by atoms with Gasteiger partial charge in [0.15, 0.2) is 0 Å². The zero-order chi connectivity index (χ0) is 16.6. The zero-order valence-corrected chi connectivity index (χ0v) is 14.6. The number of hydrogen-bond acceptors (Lipinski definition) is 7. The van der Waals surface area contributed by atoms with Crippen molar-refractivity contribution in [3.05, 3.63) is 0 Å². The molecule has 1 aliphatic heterocycles. The lowest BCUT2D eigenvalue weighted by atomic mass is 9.94. The Hall–Kier alpha value is -0.280. The van der Waals surface area contributed by atoms with Crippen LogP contribution < -0.4 is 0 Å². The van der Waals surface area contributed by atoms with Gasteiger partial charge < -0.3 is 33.2 Å². The van der Waals surface area contributed by atoms with E-state index in [0.717, 1.165) is 0 Å². The summed E-state index contributed by atoms with van der Waals surface area (Å²) < 4.78 is 38.4. The fraction of sp³-hybridized carbons (Fsp3) is 1.00. The molecule has 0 amide bonds. The molecule has 0 atom stereocenters. The van der Waals surface area contributed by atoms with Crippen LogP contribution in [-0.2, 0) is 33.2 Å². The van der Waals surface area contributed by atoms with E-state index in [4.69, 9.17) is 33.2 Å². The van der Waals surface area contributed by atoms with E-state index in [1.165, 1.54) is 0 Å². The van der Waals surface area contributed by atoms with Gasteiger partial charge in [0.25, 0.3) is 0 Å². The molecule has 1 aliphatic rings. The molecule has 1 fully saturated rings. The molecule has 0 unspecified atom stereocenters. The van der Waals surface area contributed by atoms with Gasteiger partial charge in [-0.1, -0.05) is 6.92 Å². The molecule has 1 saturated heterocycles. The maximum Gasteiger partial charge on any atom is 0.0701 e. The molecule has 1 rings (SSSR count). The number of hydrogen-bond donors (Lipinski definition) is 0. The Labute approximate surface area is 139 Å². The minimum absolute atomic E-state index is 0.200. The summed E-state index contributed by atoms with van der Waals surface area (Å²) in [5.74, 6) is 0. The van der Waals surface area contributed by atoms with E-state index in [0.29, 0.717) is 85.9 Å². The molecule has 0 aromatic carbocycles. The Morgan fingerprint density at radius 2 is 1.13 bits per heavy atom. The maximum absolute atomic E-state index is 5.72. The first-order chi connectivity index (χ1) is 11.3. The Bertz CT molecular complexity index is 247. The zero-order valence-electron chi connectivity index (χ0n) is 14.6. The molecule has 1 heterocycles. The first-order valence-electron chi connectivity index (χ1n) is 8.22. The lowest BCUT2D eigenvalue weighted by Gasteiger charge is -2.29. The first kappa shape index (κ1) is 20.8. The molecule has 0 aliphatic carbocycles. The molecular weight excluding hydrogens is 304 g/mol. The van der Waals surface area contributed by atoms with Crippen LogP contribution in [0.5, 0.6) is 0 Å². The maximum atomic E-state index is 5.72. The monoisotopic (exact) mass is 336 g/mol. The standard InChI is InChI=1S/C16H32O7/c1-16(13-21-4-3-17-2)14-22-11-9-19-7-5-18-6-8-20-10-12-23-15-16/h3-15H2,1-2H3. The van der Waals surface area contributed by atoms with E-state index >= 15 is 0 Å². The number of ether oxygens (including phenoxy) is 7. The van der Waals surface area contributed by atoms with Gasteiger partial charge in [-0.15, -0.1) is 0 Å². The second kappa shape index (κ2) is 14.1. The lowest BCUT2D eigenvalue weighted by Crippen LogP contribution is -2.35. The molecule has 0 spiro atoms. The van der Waals surface area contributed by atoms with Crippen molar-refractivity contribution < 1.29 is 33.2 Å². The molecule has 0 N–H and O–H groups in total. The summed E-state index contributed by atoms with van der Waals surface area (Å²) in [7, 11) is 1.66. The van der Waals surface area contributed by atoms with E-state index in [2.05, 4.69) is 6.92 Å². The Kier molecular flexibility index (Phi) is 12.7. The molecular formula is C16H32O7. The third-order valence-corrected chi connectivity index (χ3v) is 3.27. The van der Waals surface area contributed by atoms with Gasteiger partial charge in [0, 0.05) is 12.5 Å². The van der Waals surface area contributed by atoms with Crippen LogP contribution in [0.15, 0.2) is 0 Å². The third-order valence-electron chi connectivity index (χ3n) is 3.27. The summed E-state index contributed by atoms with van der Waals surface area (Å²) in [5.41, 5.74) is -0.200. The van der Waals surface area contributed by atoms with E-state index in [-0.39, 0.29) is 5.41 Å². The predicted octanol–water partition coefficient (Wildman–Crippen LogP) is 0.752. The molecule has 138 valence electrons. The van der Waals surface area contributed by atoms with Gasteiger partial charge in [0.2, 0.25) is 0 Å². The minimum Gasteiger partial charge on any atom is -0.382 e. The number of methoxy groups -OCH3 is 1. The highest BCUT2D eigenvalue weighted by Gasteiger charge is 2.26. The van der Waals surface area contributed by atoms with Crippen molar-refractivity contribution >= 4 is 0 Å². The highest BCUT2D eigenvalue weighted by Crippen LogP contribution is 2.18. The van der Waals surface area contributed by atoms with Gasteiger partial charge in [0.1, 0.15) is 0 Å². The van der Waals surface area contributed by atoms with Crippen molar-refractivity contribution in [2.75, 3.05) is 93.0 Å². The Balaban J connectivity index is 2.33. The predicted molar refractivity (Wildman–Crippen MR) is 84.9 cm³/mol. The first-order valence-corrected chi connectivity index (χ1v) is 8.22. The van der Waals surface area contributed by atoms with Gasteiger partial charge >= 0.3 is 0 Å². The summed E-state index contributed by atoms with van der Waals surface area (Å²) in [6, 6.07) is 0. The fourth-order valence-corrected chi connectivity index (χ4v) is 2.00. The highest BCUT2D eigenvalue weighted by molar-refractivity contribution is 4.73. The van der Waals surface area contributed by atoms with Crippen molar-refractivity contribution in [1.82, 2.24) is 0 Å². The smallest absolute Gasteiger partial charge is 0.0701 e. The van der Waals surface area contributed by atoms with Gasteiger partial charge in [-0.25, -0.2) is 0 Å². The highest BCUT2D eigenvalue weighted by atomic mass is 16.6. The van der Waals surface area contributed by atoms with Crippen LogP contribution in [0.2, 0.25) is 0 Å². The normalized spacial score (nSPS) is 22.7. The summed E-state index contributed by atoms with van der Waals surface area (Å²) in [4.78, 5) is 0. The lowest BCUT2D eigenvalue weighted by molar-refractivity contribution is -0.0842. The van der Waals surface area contributed by atoms with Crippen LogP contribution in [0.1, 0.15) is 6.92 Å². The van der Waals surface area contributed by atoms with Crippen molar-refractivity contribution in [3.8, 4) is 0 Å². The Morgan fingerprint density at radius 1 is 0.696 bits per heavy atom. The molecule has 0 radical (unpaired) electrons. The van der Waals surface area contributed by atoms with E-state index in [9.17, 15) is 0 Å². The molecule has 0 aromatic heterocycles. The van der Waals surface area contributed by atoms with Gasteiger partial charge in [0.05, 0.1) is 85.9 Å². The summed E-state index contributed by atoms with van der Waals surface area (Å²) >= 11 is 0. The van der Waals surface area contributed by atoms with Gasteiger partial charge in [-0.05, 0) is 0 Å².